The average molecular weight is 678 g/mol. The number of rotatable bonds is 6. The Labute approximate surface area is 308 Å². The van der Waals surface area contributed by atoms with Gasteiger partial charge in [-0.15, -0.1) is 0 Å². The summed E-state index contributed by atoms with van der Waals surface area (Å²) in [5, 5.41) is 2.56. The molecule has 3 nitrogen and oxygen atoms in total. The van der Waals surface area contributed by atoms with Crippen molar-refractivity contribution >= 4 is 44.6 Å². The Morgan fingerprint density at radius 3 is 2.15 bits per heavy atom. The van der Waals surface area contributed by atoms with E-state index in [9.17, 15) is 0 Å². The maximum Gasteiger partial charge on any atom is 0.0583 e. The Morgan fingerprint density at radius 2 is 1.40 bits per heavy atom. The number of nitrogens with zero attached hydrogens (tertiary/aromatic N) is 3. The van der Waals surface area contributed by atoms with Crippen LogP contribution < -0.4 is 9.80 Å². The molecule has 0 spiro atoms. The first-order chi connectivity index (χ1) is 25.2. The molecule has 0 bridgehead atoms. The third-order valence-electron chi connectivity index (χ3n) is 11.3. The Kier molecular flexibility index (Phi) is 7.66. The van der Waals surface area contributed by atoms with Crippen LogP contribution in [-0.4, -0.2) is 4.57 Å². The lowest BCUT2D eigenvalue weighted by molar-refractivity contribution is 0.629. The largest absolute Gasteiger partial charge is 0.314 e. The molecule has 0 radical (unpaired) electrons. The van der Waals surface area contributed by atoms with Gasteiger partial charge in [0.15, 0.2) is 0 Å². The molecule has 3 aliphatic rings. The van der Waals surface area contributed by atoms with Crippen LogP contribution in [0.4, 0.5) is 22.7 Å². The number of aromatic nitrogens is 1. The number of allylic oxidation sites excluding steroid dienone is 7. The molecule has 0 saturated carbocycles. The zero-order valence-electron chi connectivity index (χ0n) is 31.2. The van der Waals surface area contributed by atoms with Crippen LogP contribution in [0, 0.1) is 19.8 Å². The first kappa shape index (κ1) is 32.4. The van der Waals surface area contributed by atoms with Crippen molar-refractivity contribution in [1.29, 1.82) is 0 Å². The lowest BCUT2D eigenvalue weighted by Crippen LogP contribution is -2.28. The highest BCUT2D eigenvalue weighted by Gasteiger charge is 2.36. The maximum absolute atomic E-state index is 2.56. The van der Waals surface area contributed by atoms with Crippen molar-refractivity contribution in [3.05, 3.63) is 173 Å². The van der Waals surface area contributed by atoms with Gasteiger partial charge in [0.25, 0.3) is 0 Å². The van der Waals surface area contributed by atoms with E-state index in [0.717, 1.165) is 30.6 Å². The molecule has 0 amide bonds. The molecule has 258 valence electrons. The molecule has 52 heavy (non-hydrogen) atoms. The third kappa shape index (κ3) is 5.25. The zero-order valence-corrected chi connectivity index (χ0v) is 31.2. The maximum atomic E-state index is 2.56. The number of benzene rings is 5. The van der Waals surface area contributed by atoms with Gasteiger partial charge in [0.2, 0.25) is 0 Å². The van der Waals surface area contributed by atoms with Gasteiger partial charge in [-0.2, -0.15) is 0 Å². The molecule has 9 rings (SSSR count). The van der Waals surface area contributed by atoms with E-state index in [4.69, 9.17) is 0 Å². The Morgan fingerprint density at radius 1 is 0.673 bits per heavy atom. The van der Waals surface area contributed by atoms with Gasteiger partial charge in [-0.05, 0) is 141 Å². The standard InChI is InChI=1S/C49H47N3/c1-32-23-33(2)26-39(25-32)50(36-15-9-7-10-16-36)38-21-22-46-42(29-38)43-30-41(31-45-48(43)52(46)47-20-14-13-19-44(47)49(45,5)6)51(37-17-11-8-12-18-37)40-27-34(3)24-35(4)28-40/h7,9-11,13-27,29-31,35H,8,12,28H2,1-6H3. The van der Waals surface area contributed by atoms with Crippen molar-refractivity contribution in [3.8, 4) is 5.69 Å². The number of aryl methyl sites for hydroxylation is 2. The quantitative estimate of drug-likeness (QED) is 0.174. The number of fused-ring (bicyclic) bond motifs is 5. The molecule has 2 aliphatic carbocycles. The van der Waals surface area contributed by atoms with Crippen molar-refractivity contribution < 1.29 is 0 Å². The van der Waals surface area contributed by atoms with Gasteiger partial charge in [0.1, 0.15) is 0 Å². The van der Waals surface area contributed by atoms with E-state index in [1.807, 2.05) is 0 Å². The fourth-order valence-corrected chi connectivity index (χ4v) is 9.17. The predicted molar refractivity (Wildman–Crippen MR) is 222 cm³/mol. The van der Waals surface area contributed by atoms with E-state index in [1.54, 1.807) is 0 Å². The second-order valence-corrected chi connectivity index (χ2v) is 15.8. The number of hydrogen-bond donors (Lipinski definition) is 0. The highest BCUT2D eigenvalue weighted by Crippen LogP contribution is 2.51. The Balaban J connectivity index is 1.36. The topological polar surface area (TPSA) is 11.4 Å². The highest BCUT2D eigenvalue weighted by molar-refractivity contribution is 6.14. The summed E-state index contributed by atoms with van der Waals surface area (Å²) in [4.78, 5) is 4.98. The fourth-order valence-electron chi connectivity index (χ4n) is 9.17. The van der Waals surface area contributed by atoms with Crippen LogP contribution in [0.5, 0.6) is 0 Å². The van der Waals surface area contributed by atoms with Crippen LogP contribution in [0.1, 0.15) is 69.2 Å². The first-order valence-electron chi connectivity index (χ1n) is 18.9. The number of hydrogen-bond acceptors (Lipinski definition) is 2. The van der Waals surface area contributed by atoms with Gasteiger partial charge >= 0.3 is 0 Å². The minimum absolute atomic E-state index is 0.195. The Hall–Kier alpha value is -5.54. The van der Waals surface area contributed by atoms with Gasteiger partial charge in [-0.1, -0.05) is 87.0 Å². The molecule has 3 heteroatoms. The van der Waals surface area contributed by atoms with Crippen LogP contribution in [0.25, 0.3) is 27.5 Å². The summed E-state index contributed by atoms with van der Waals surface area (Å²) >= 11 is 0. The lowest BCUT2D eigenvalue weighted by atomic mass is 9.74. The molecule has 0 N–H and O–H groups in total. The van der Waals surface area contributed by atoms with Crippen molar-refractivity contribution in [1.82, 2.24) is 4.57 Å². The molecule has 6 aromatic rings. The monoisotopic (exact) mass is 677 g/mol. The average Bonchev–Trinajstić information content (AvgIpc) is 3.45. The van der Waals surface area contributed by atoms with Crippen molar-refractivity contribution in [2.75, 3.05) is 9.80 Å². The number of anilines is 4. The summed E-state index contributed by atoms with van der Waals surface area (Å²) in [6.45, 7) is 13.8. The minimum Gasteiger partial charge on any atom is -0.314 e. The van der Waals surface area contributed by atoms with E-state index in [0.29, 0.717) is 5.92 Å². The Bertz CT molecular complexity index is 2500. The van der Waals surface area contributed by atoms with Gasteiger partial charge in [-0.3, -0.25) is 0 Å². The molecular weight excluding hydrogens is 631 g/mol. The van der Waals surface area contributed by atoms with E-state index >= 15 is 0 Å². The lowest BCUT2D eigenvalue weighted by Gasteiger charge is -2.37. The molecule has 0 fully saturated rings. The molecule has 5 aromatic carbocycles. The van der Waals surface area contributed by atoms with E-state index < -0.39 is 0 Å². The molecule has 1 unspecified atom stereocenters. The van der Waals surface area contributed by atoms with Gasteiger partial charge in [0.05, 0.1) is 16.7 Å². The number of para-hydroxylation sites is 2. The van der Waals surface area contributed by atoms with Crippen LogP contribution >= 0.6 is 0 Å². The van der Waals surface area contributed by atoms with Crippen molar-refractivity contribution in [2.24, 2.45) is 5.92 Å². The molecule has 1 aliphatic heterocycles. The second kappa shape index (κ2) is 12.3. The second-order valence-electron chi connectivity index (χ2n) is 15.8. The predicted octanol–water partition coefficient (Wildman–Crippen LogP) is 13.4. The van der Waals surface area contributed by atoms with E-state index in [-0.39, 0.29) is 5.41 Å². The van der Waals surface area contributed by atoms with Gasteiger partial charge < -0.3 is 14.4 Å². The van der Waals surface area contributed by atoms with E-state index in [2.05, 4.69) is 189 Å². The van der Waals surface area contributed by atoms with Crippen molar-refractivity contribution in [3.63, 3.8) is 0 Å². The molecule has 1 atom stereocenters. The summed E-state index contributed by atoms with van der Waals surface area (Å²) in [5.41, 5.74) is 17.6. The molecule has 1 aromatic heterocycles. The SMILES string of the molecule is CC1=CC(C)CC(N(C2=CCCC=C2)c2cc3c4c(c2)c2cc(N(c5ccccc5)c5cc(C)cc(C)c5)ccc2n4-c2ccccc2C3(C)C)=C1. The molecular formula is C49H47N3. The van der Waals surface area contributed by atoms with Crippen LogP contribution in [-0.2, 0) is 5.41 Å². The summed E-state index contributed by atoms with van der Waals surface area (Å²) < 4.78 is 2.54. The van der Waals surface area contributed by atoms with Crippen LogP contribution in [0.3, 0.4) is 0 Å². The smallest absolute Gasteiger partial charge is 0.0583 e. The summed E-state index contributed by atoms with van der Waals surface area (Å²) in [7, 11) is 0. The van der Waals surface area contributed by atoms with Crippen LogP contribution in [0.2, 0.25) is 0 Å². The minimum atomic E-state index is -0.195. The summed E-state index contributed by atoms with van der Waals surface area (Å²) in [6.07, 6.45) is 15.1. The summed E-state index contributed by atoms with van der Waals surface area (Å²) in [5.74, 6) is 0.486. The van der Waals surface area contributed by atoms with E-state index in [1.165, 1.54) is 78.1 Å². The van der Waals surface area contributed by atoms with Gasteiger partial charge in [0, 0.05) is 50.3 Å². The highest BCUT2D eigenvalue weighted by atomic mass is 15.2. The van der Waals surface area contributed by atoms with Crippen LogP contribution in [0.15, 0.2) is 150 Å². The molecule has 0 saturated heterocycles. The summed E-state index contributed by atoms with van der Waals surface area (Å²) in [6, 6.07) is 38.8. The zero-order chi connectivity index (χ0) is 35.7. The third-order valence-corrected chi connectivity index (χ3v) is 11.3. The normalized spacial score (nSPS) is 17.4. The molecule has 2 heterocycles. The fraction of sp³-hybridized carbons (Fsp3) is 0.224. The van der Waals surface area contributed by atoms with Crippen molar-refractivity contribution in [2.45, 2.75) is 66.2 Å². The van der Waals surface area contributed by atoms with Gasteiger partial charge in [-0.25, -0.2) is 0 Å². The first-order valence-corrected chi connectivity index (χ1v) is 18.9.